The molecule has 0 aliphatic carbocycles. The zero-order chi connectivity index (χ0) is 8.55. The Morgan fingerprint density at radius 2 is 2.17 bits per heavy atom. The highest BCUT2D eigenvalue weighted by atomic mass is 35.5. The number of fused-ring (bicyclic) bond motifs is 1. The Bertz CT molecular complexity index is 335. The predicted molar refractivity (Wildman–Crippen MR) is 56.0 cm³/mol. The summed E-state index contributed by atoms with van der Waals surface area (Å²) in [5.74, 6) is 0. The molecule has 1 N–H and O–H groups in total. The highest BCUT2D eigenvalue weighted by molar-refractivity contribution is 7.80. The number of hydrogen-bond donors (Lipinski definition) is 1. The fraction of sp³-hybridized carbons (Fsp3) is 0.222. The van der Waals surface area contributed by atoms with Gasteiger partial charge in [0.15, 0.2) is 0 Å². The molecule has 3 heteroatoms. The molecule has 12 heavy (non-hydrogen) atoms. The molecule has 0 bridgehead atoms. The molecule has 1 aliphatic heterocycles. The van der Waals surface area contributed by atoms with Crippen LogP contribution in [0.5, 0.6) is 0 Å². The molecule has 0 fully saturated rings. The van der Waals surface area contributed by atoms with Gasteiger partial charge in [-0.2, -0.15) is 0 Å². The molecule has 0 radical (unpaired) electrons. The van der Waals surface area contributed by atoms with Crippen LogP contribution in [0.15, 0.2) is 18.2 Å². The van der Waals surface area contributed by atoms with Crippen molar-refractivity contribution in [1.29, 1.82) is 0 Å². The summed E-state index contributed by atoms with van der Waals surface area (Å²) in [7, 11) is 0. The number of hydrogen-bond acceptors (Lipinski definition) is 1. The fourth-order valence-electron chi connectivity index (χ4n) is 1.35. The molecule has 0 unspecified atom stereocenters. The number of thiocarbonyl (C=S) groups is 1. The molecule has 1 nitrogen and oxygen atoms in total. The second-order valence-electron chi connectivity index (χ2n) is 2.85. The molecule has 0 spiro atoms. The van der Waals surface area contributed by atoms with Crippen LogP contribution in [0.25, 0.3) is 0 Å². The number of nitrogens with one attached hydrogen (secondary N) is 1. The van der Waals surface area contributed by atoms with Crippen molar-refractivity contribution >= 4 is 34.5 Å². The van der Waals surface area contributed by atoms with Gasteiger partial charge >= 0.3 is 0 Å². The maximum absolute atomic E-state index is 5.85. The molecule has 1 aromatic carbocycles. The monoisotopic (exact) mass is 197 g/mol. The summed E-state index contributed by atoms with van der Waals surface area (Å²) in [5, 5.41) is 3.95. The highest BCUT2D eigenvalue weighted by Gasteiger charge is 2.11. The zero-order valence-electron chi connectivity index (χ0n) is 6.43. The van der Waals surface area contributed by atoms with Crippen LogP contribution in [-0.4, -0.2) is 4.99 Å². The third-order valence-corrected chi connectivity index (χ3v) is 2.50. The zero-order valence-corrected chi connectivity index (χ0v) is 8.00. The van der Waals surface area contributed by atoms with Crippen LogP contribution >= 0.6 is 23.8 Å². The Kier molecular flexibility index (Phi) is 2.03. The summed E-state index contributed by atoms with van der Waals surface area (Å²) in [6.45, 7) is 0. The van der Waals surface area contributed by atoms with E-state index in [1.807, 2.05) is 18.2 Å². The first-order valence-corrected chi connectivity index (χ1v) is 4.62. The van der Waals surface area contributed by atoms with Crippen LogP contribution in [-0.2, 0) is 6.42 Å². The smallest absolute Gasteiger partial charge is 0.0800 e. The largest absolute Gasteiger partial charge is 0.350 e. The van der Waals surface area contributed by atoms with E-state index in [1.165, 1.54) is 5.56 Å². The Labute approximate surface area is 81.7 Å². The second kappa shape index (κ2) is 3.04. The summed E-state index contributed by atoms with van der Waals surface area (Å²) in [4.78, 5) is 0.921. The van der Waals surface area contributed by atoms with Gasteiger partial charge in [-0.25, -0.2) is 0 Å². The molecule has 1 aromatic rings. The van der Waals surface area contributed by atoms with E-state index in [0.717, 1.165) is 28.5 Å². The minimum Gasteiger partial charge on any atom is -0.350 e. The van der Waals surface area contributed by atoms with Crippen molar-refractivity contribution in [3.05, 3.63) is 28.8 Å². The van der Waals surface area contributed by atoms with Crippen LogP contribution in [0.3, 0.4) is 0 Å². The molecule has 0 atom stereocenters. The van der Waals surface area contributed by atoms with Crippen molar-refractivity contribution in [1.82, 2.24) is 0 Å². The maximum atomic E-state index is 5.85. The lowest BCUT2D eigenvalue weighted by Gasteiger charge is -2.18. The number of rotatable bonds is 0. The summed E-state index contributed by atoms with van der Waals surface area (Å²) in [6, 6.07) is 5.84. The quantitative estimate of drug-likeness (QED) is 0.642. The number of anilines is 1. The van der Waals surface area contributed by atoms with Crippen LogP contribution in [0.4, 0.5) is 5.69 Å². The molecular formula is C9H8ClNS. The molecule has 2 rings (SSSR count). The third-order valence-electron chi connectivity index (χ3n) is 1.96. The van der Waals surface area contributed by atoms with E-state index >= 15 is 0 Å². The standard InChI is InChI=1S/C9H8ClNS/c10-7-2-3-8-6(5-7)1-4-9(12)11-8/h2-3,5H,1,4H2,(H,11,12). The van der Waals surface area contributed by atoms with E-state index in [9.17, 15) is 0 Å². The molecule has 62 valence electrons. The number of halogens is 1. The van der Waals surface area contributed by atoms with Crippen LogP contribution in [0.1, 0.15) is 12.0 Å². The normalized spacial score (nSPS) is 15.2. The van der Waals surface area contributed by atoms with E-state index in [0.29, 0.717) is 0 Å². The summed E-state index contributed by atoms with van der Waals surface area (Å²) in [6.07, 6.45) is 1.93. The minimum atomic E-state index is 0.795. The van der Waals surface area contributed by atoms with Crippen molar-refractivity contribution in [2.24, 2.45) is 0 Å². The van der Waals surface area contributed by atoms with Gasteiger partial charge in [0, 0.05) is 17.1 Å². The van der Waals surface area contributed by atoms with Gasteiger partial charge in [-0.15, -0.1) is 0 Å². The lowest BCUT2D eigenvalue weighted by atomic mass is 10.0. The molecule has 1 aliphatic rings. The first-order chi connectivity index (χ1) is 5.75. The lowest BCUT2D eigenvalue weighted by molar-refractivity contribution is 1.03. The molecule has 0 saturated heterocycles. The Balaban J connectivity index is 2.43. The Morgan fingerprint density at radius 1 is 1.33 bits per heavy atom. The SMILES string of the molecule is S=C1CCc2cc(Cl)ccc2N1. The van der Waals surface area contributed by atoms with Gasteiger partial charge in [-0.1, -0.05) is 23.8 Å². The van der Waals surface area contributed by atoms with E-state index in [1.54, 1.807) is 0 Å². The Morgan fingerprint density at radius 3 is 3.00 bits per heavy atom. The summed E-state index contributed by atoms with van der Waals surface area (Å²) >= 11 is 10.9. The maximum Gasteiger partial charge on any atom is 0.0800 e. The molecular weight excluding hydrogens is 190 g/mol. The number of benzene rings is 1. The fourth-order valence-corrected chi connectivity index (χ4v) is 1.76. The van der Waals surface area contributed by atoms with E-state index in [4.69, 9.17) is 23.8 Å². The first-order valence-electron chi connectivity index (χ1n) is 3.84. The Hall–Kier alpha value is -0.600. The van der Waals surface area contributed by atoms with Gasteiger partial charge in [0.1, 0.15) is 0 Å². The van der Waals surface area contributed by atoms with Gasteiger partial charge < -0.3 is 5.32 Å². The van der Waals surface area contributed by atoms with Crippen LogP contribution < -0.4 is 5.32 Å². The second-order valence-corrected chi connectivity index (χ2v) is 3.78. The van der Waals surface area contributed by atoms with Gasteiger partial charge in [0.05, 0.1) is 4.99 Å². The minimum absolute atomic E-state index is 0.795. The molecule has 1 heterocycles. The topological polar surface area (TPSA) is 12.0 Å². The van der Waals surface area contributed by atoms with E-state index in [-0.39, 0.29) is 0 Å². The number of aryl methyl sites for hydroxylation is 1. The average Bonchev–Trinajstić information content (AvgIpc) is 2.05. The highest BCUT2D eigenvalue weighted by Crippen LogP contribution is 2.25. The van der Waals surface area contributed by atoms with Crippen LogP contribution in [0, 0.1) is 0 Å². The van der Waals surface area contributed by atoms with Crippen molar-refractivity contribution in [3.8, 4) is 0 Å². The summed E-state index contributed by atoms with van der Waals surface area (Å²) < 4.78 is 0. The van der Waals surface area contributed by atoms with Crippen molar-refractivity contribution in [2.45, 2.75) is 12.8 Å². The third kappa shape index (κ3) is 1.45. The van der Waals surface area contributed by atoms with Gasteiger partial charge in [0.25, 0.3) is 0 Å². The first kappa shape index (κ1) is 8.02. The van der Waals surface area contributed by atoms with E-state index in [2.05, 4.69) is 5.32 Å². The molecule has 0 saturated carbocycles. The predicted octanol–water partition coefficient (Wildman–Crippen LogP) is 3.03. The van der Waals surface area contributed by atoms with Crippen molar-refractivity contribution in [3.63, 3.8) is 0 Å². The average molecular weight is 198 g/mol. The van der Waals surface area contributed by atoms with Crippen LogP contribution in [0.2, 0.25) is 5.02 Å². The van der Waals surface area contributed by atoms with Gasteiger partial charge in [0.2, 0.25) is 0 Å². The lowest BCUT2D eigenvalue weighted by Crippen LogP contribution is -2.16. The molecule has 0 aromatic heterocycles. The summed E-state index contributed by atoms with van der Waals surface area (Å²) in [5.41, 5.74) is 2.37. The van der Waals surface area contributed by atoms with Crippen molar-refractivity contribution in [2.75, 3.05) is 5.32 Å². The van der Waals surface area contributed by atoms with E-state index < -0.39 is 0 Å². The van der Waals surface area contributed by atoms with Gasteiger partial charge in [-0.3, -0.25) is 0 Å². The molecule has 0 amide bonds. The van der Waals surface area contributed by atoms with Crippen molar-refractivity contribution < 1.29 is 0 Å². The van der Waals surface area contributed by atoms with Gasteiger partial charge in [-0.05, 0) is 30.2 Å².